The zero-order valence-corrected chi connectivity index (χ0v) is 10.4. The van der Waals surface area contributed by atoms with Crippen LogP contribution < -0.4 is 5.32 Å². The van der Waals surface area contributed by atoms with Crippen molar-refractivity contribution in [3.05, 3.63) is 35.4 Å². The summed E-state index contributed by atoms with van der Waals surface area (Å²) in [5, 5.41) is 3.17. The largest absolute Gasteiger partial charge is 0.319 e. The Bertz CT molecular complexity index is 401. The van der Waals surface area contributed by atoms with Crippen molar-refractivity contribution in [2.75, 3.05) is 13.6 Å². The molecule has 17 heavy (non-hydrogen) atoms. The van der Waals surface area contributed by atoms with Crippen LogP contribution in [0, 0.1) is 23.0 Å². The van der Waals surface area contributed by atoms with E-state index in [4.69, 9.17) is 0 Å². The first-order chi connectivity index (χ1) is 8.05. The highest BCUT2D eigenvalue weighted by Crippen LogP contribution is 2.47. The van der Waals surface area contributed by atoms with Gasteiger partial charge in [0.15, 0.2) is 0 Å². The van der Waals surface area contributed by atoms with Crippen molar-refractivity contribution in [3.8, 4) is 0 Å². The van der Waals surface area contributed by atoms with Crippen LogP contribution in [-0.2, 0) is 6.42 Å². The van der Waals surface area contributed by atoms with Gasteiger partial charge in [-0.05, 0) is 61.4 Å². The van der Waals surface area contributed by atoms with Gasteiger partial charge in [-0.1, -0.05) is 6.92 Å². The fraction of sp³-hybridized carbons (Fsp3) is 0.571. The minimum absolute atomic E-state index is 0.0311. The topological polar surface area (TPSA) is 12.0 Å². The van der Waals surface area contributed by atoms with Gasteiger partial charge < -0.3 is 5.32 Å². The van der Waals surface area contributed by atoms with Gasteiger partial charge in [-0.25, -0.2) is 8.78 Å². The second-order valence-electron chi connectivity index (χ2n) is 5.37. The first-order valence-electron chi connectivity index (χ1n) is 6.14. The third-order valence-corrected chi connectivity index (χ3v) is 3.75. The molecule has 0 aromatic heterocycles. The van der Waals surface area contributed by atoms with E-state index in [1.807, 2.05) is 7.05 Å². The normalized spacial score (nSPS) is 19.1. The fourth-order valence-corrected chi connectivity index (χ4v) is 2.65. The molecule has 0 amide bonds. The SMILES string of the molecule is CNCC(C)(Cc1cc(F)ccc1F)C1CC1. The predicted molar refractivity (Wildman–Crippen MR) is 64.8 cm³/mol. The average Bonchev–Trinajstić information content (AvgIpc) is 3.07. The van der Waals surface area contributed by atoms with Crippen LogP contribution in [0.5, 0.6) is 0 Å². The average molecular weight is 239 g/mol. The molecule has 1 fully saturated rings. The van der Waals surface area contributed by atoms with Crippen molar-refractivity contribution >= 4 is 0 Å². The summed E-state index contributed by atoms with van der Waals surface area (Å²) in [4.78, 5) is 0. The summed E-state index contributed by atoms with van der Waals surface area (Å²) < 4.78 is 26.8. The zero-order chi connectivity index (χ0) is 12.5. The van der Waals surface area contributed by atoms with E-state index >= 15 is 0 Å². The minimum atomic E-state index is -0.357. The number of rotatable bonds is 5. The molecule has 1 unspecified atom stereocenters. The first-order valence-corrected chi connectivity index (χ1v) is 6.14. The van der Waals surface area contributed by atoms with Gasteiger partial charge in [0, 0.05) is 6.54 Å². The number of halogens is 2. The van der Waals surface area contributed by atoms with Crippen LogP contribution in [-0.4, -0.2) is 13.6 Å². The maximum Gasteiger partial charge on any atom is 0.126 e. The molecule has 3 heteroatoms. The third-order valence-electron chi connectivity index (χ3n) is 3.75. The Morgan fingerprint density at radius 3 is 2.65 bits per heavy atom. The van der Waals surface area contributed by atoms with Gasteiger partial charge in [-0.3, -0.25) is 0 Å². The van der Waals surface area contributed by atoms with Gasteiger partial charge >= 0.3 is 0 Å². The number of benzene rings is 1. The molecule has 0 heterocycles. The number of hydrogen-bond donors (Lipinski definition) is 1. The minimum Gasteiger partial charge on any atom is -0.319 e. The van der Waals surface area contributed by atoms with Gasteiger partial charge in [0.2, 0.25) is 0 Å². The highest BCUT2D eigenvalue weighted by molar-refractivity contribution is 5.21. The lowest BCUT2D eigenvalue weighted by Gasteiger charge is -2.30. The van der Waals surface area contributed by atoms with Gasteiger partial charge in [0.25, 0.3) is 0 Å². The second kappa shape index (κ2) is 4.73. The molecule has 2 rings (SSSR count). The zero-order valence-electron chi connectivity index (χ0n) is 10.4. The van der Waals surface area contributed by atoms with Crippen LogP contribution in [0.1, 0.15) is 25.3 Å². The smallest absolute Gasteiger partial charge is 0.126 e. The molecular weight excluding hydrogens is 220 g/mol. The van der Waals surface area contributed by atoms with Crippen molar-refractivity contribution in [1.29, 1.82) is 0 Å². The Balaban J connectivity index is 2.19. The Kier molecular flexibility index (Phi) is 3.48. The monoisotopic (exact) mass is 239 g/mol. The van der Waals surface area contributed by atoms with Crippen LogP contribution >= 0.6 is 0 Å². The molecule has 0 radical (unpaired) electrons. The lowest BCUT2D eigenvalue weighted by atomic mass is 9.78. The van der Waals surface area contributed by atoms with E-state index in [-0.39, 0.29) is 17.0 Å². The first kappa shape index (κ1) is 12.5. The van der Waals surface area contributed by atoms with Crippen molar-refractivity contribution in [3.63, 3.8) is 0 Å². The molecule has 1 saturated carbocycles. The molecule has 1 nitrogen and oxygen atoms in total. The van der Waals surface area contributed by atoms with E-state index in [0.717, 1.165) is 6.54 Å². The lowest BCUT2D eigenvalue weighted by Crippen LogP contribution is -2.34. The van der Waals surface area contributed by atoms with Crippen molar-refractivity contribution < 1.29 is 8.78 Å². The Labute approximate surface area is 101 Å². The fourth-order valence-electron chi connectivity index (χ4n) is 2.65. The van der Waals surface area contributed by atoms with Crippen LogP contribution in [0.2, 0.25) is 0 Å². The summed E-state index contributed by atoms with van der Waals surface area (Å²) in [6.07, 6.45) is 3.01. The number of nitrogens with one attached hydrogen (secondary N) is 1. The standard InChI is InChI=1S/C14H19F2N/c1-14(9-17-2,11-3-4-11)8-10-7-12(15)5-6-13(10)16/h5-7,11,17H,3-4,8-9H2,1-2H3. The molecule has 1 aliphatic carbocycles. The summed E-state index contributed by atoms with van der Waals surface area (Å²) in [6, 6.07) is 3.72. The van der Waals surface area contributed by atoms with Crippen LogP contribution in [0.25, 0.3) is 0 Å². The van der Waals surface area contributed by atoms with Crippen LogP contribution in [0.15, 0.2) is 18.2 Å². The summed E-state index contributed by atoms with van der Waals surface area (Å²) >= 11 is 0. The molecule has 1 atom stereocenters. The predicted octanol–water partition coefficient (Wildman–Crippen LogP) is 3.14. The van der Waals surface area contributed by atoms with E-state index in [1.165, 1.54) is 31.0 Å². The summed E-state index contributed by atoms with van der Waals surface area (Å²) in [5.74, 6) is -0.0176. The molecular formula is C14H19F2N. The van der Waals surface area contributed by atoms with E-state index in [0.29, 0.717) is 17.9 Å². The quantitative estimate of drug-likeness (QED) is 0.832. The van der Waals surface area contributed by atoms with Crippen molar-refractivity contribution in [1.82, 2.24) is 5.32 Å². The maximum absolute atomic E-state index is 13.6. The van der Waals surface area contributed by atoms with Gasteiger partial charge in [0.1, 0.15) is 11.6 Å². The molecule has 0 spiro atoms. The molecule has 0 saturated heterocycles. The van der Waals surface area contributed by atoms with Gasteiger partial charge in [-0.2, -0.15) is 0 Å². The number of hydrogen-bond acceptors (Lipinski definition) is 1. The maximum atomic E-state index is 13.6. The van der Waals surface area contributed by atoms with Crippen molar-refractivity contribution in [2.24, 2.45) is 11.3 Å². The summed E-state index contributed by atoms with van der Waals surface area (Å²) in [7, 11) is 1.91. The molecule has 1 N–H and O–H groups in total. The van der Waals surface area contributed by atoms with E-state index in [9.17, 15) is 8.78 Å². The molecule has 0 aliphatic heterocycles. The lowest BCUT2D eigenvalue weighted by molar-refractivity contribution is 0.259. The highest BCUT2D eigenvalue weighted by atomic mass is 19.1. The summed E-state index contributed by atoms with van der Waals surface area (Å²) in [6.45, 7) is 3.00. The Hall–Kier alpha value is -0.960. The van der Waals surface area contributed by atoms with E-state index in [1.54, 1.807) is 0 Å². The van der Waals surface area contributed by atoms with Crippen LogP contribution in [0.3, 0.4) is 0 Å². The van der Waals surface area contributed by atoms with Gasteiger partial charge in [-0.15, -0.1) is 0 Å². The van der Waals surface area contributed by atoms with Crippen LogP contribution in [0.4, 0.5) is 8.78 Å². The molecule has 94 valence electrons. The Morgan fingerprint density at radius 2 is 2.06 bits per heavy atom. The molecule has 0 bridgehead atoms. The van der Waals surface area contributed by atoms with E-state index in [2.05, 4.69) is 12.2 Å². The molecule has 1 aromatic rings. The van der Waals surface area contributed by atoms with Crippen molar-refractivity contribution in [2.45, 2.75) is 26.2 Å². The van der Waals surface area contributed by atoms with Gasteiger partial charge in [0.05, 0.1) is 0 Å². The third kappa shape index (κ3) is 2.83. The second-order valence-corrected chi connectivity index (χ2v) is 5.37. The van der Waals surface area contributed by atoms with E-state index < -0.39 is 0 Å². The molecule has 1 aliphatic rings. The molecule has 1 aromatic carbocycles. The Morgan fingerprint density at radius 1 is 1.35 bits per heavy atom. The summed E-state index contributed by atoms with van der Waals surface area (Å²) in [5.41, 5.74) is 0.526. The highest BCUT2D eigenvalue weighted by Gasteiger charge is 2.41.